The van der Waals surface area contributed by atoms with E-state index in [2.05, 4.69) is 15.2 Å². The second-order valence-electron chi connectivity index (χ2n) is 9.77. The molecule has 0 aliphatic carbocycles. The molecule has 8 nitrogen and oxygen atoms in total. The van der Waals surface area contributed by atoms with Gasteiger partial charge in [-0.25, -0.2) is 31.6 Å². The monoisotopic (exact) mass is 601 g/mol. The van der Waals surface area contributed by atoms with E-state index in [1.165, 1.54) is 42.7 Å². The van der Waals surface area contributed by atoms with Gasteiger partial charge in [-0.05, 0) is 81.0 Å². The lowest BCUT2D eigenvalue weighted by Gasteiger charge is -2.27. The molecule has 0 radical (unpaired) electrons. The standard InChI is InChI=1S/C28H26F3N5O3S2/c1-16(37)33-24-14-18(8-11-32-24)27-26(34-28(40-27)17-9-12-36(2)13-10-17)20-4-3-5-22(25(20)31)35-41(38,39)23-15-19(29)6-7-21(23)30/h3-8,11,14-15,17,35H,9-10,12-13H2,1-2H3,(H,32,33,37). The fourth-order valence-corrected chi connectivity index (χ4v) is 7.04. The lowest BCUT2D eigenvalue weighted by Crippen LogP contribution is -2.29. The summed E-state index contributed by atoms with van der Waals surface area (Å²) >= 11 is 1.40. The molecule has 4 aromatic rings. The number of nitrogens with zero attached hydrogens (tertiary/aromatic N) is 3. The average molecular weight is 602 g/mol. The van der Waals surface area contributed by atoms with Crippen LogP contribution in [0.3, 0.4) is 0 Å². The van der Waals surface area contributed by atoms with Gasteiger partial charge in [0.2, 0.25) is 5.91 Å². The smallest absolute Gasteiger partial charge is 0.265 e. The number of piperidine rings is 1. The second-order valence-corrected chi connectivity index (χ2v) is 12.4. The molecular formula is C28H26F3N5O3S2. The molecule has 0 unspecified atom stereocenters. The largest absolute Gasteiger partial charge is 0.311 e. The van der Waals surface area contributed by atoms with E-state index in [0.29, 0.717) is 34.1 Å². The zero-order chi connectivity index (χ0) is 29.3. The van der Waals surface area contributed by atoms with E-state index in [0.717, 1.165) is 37.0 Å². The zero-order valence-electron chi connectivity index (χ0n) is 22.1. The number of amides is 1. The van der Waals surface area contributed by atoms with Gasteiger partial charge in [0.1, 0.15) is 22.3 Å². The lowest BCUT2D eigenvalue weighted by atomic mass is 9.98. The first-order valence-electron chi connectivity index (χ1n) is 12.7. The minimum atomic E-state index is -4.66. The summed E-state index contributed by atoms with van der Waals surface area (Å²) in [6.45, 7) is 3.14. The van der Waals surface area contributed by atoms with Gasteiger partial charge in [-0.15, -0.1) is 11.3 Å². The molecule has 5 rings (SSSR count). The summed E-state index contributed by atoms with van der Waals surface area (Å²) < 4.78 is 71.8. The number of likely N-dealkylation sites (tertiary alicyclic amines) is 1. The molecule has 2 aromatic heterocycles. The van der Waals surface area contributed by atoms with Gasteiger partial charge in [0.25, 0.3) is 10.0 Å². The molecule has 1 aliphatic rings. The Kier molecular flexibility index (Phi) is 8.11. The van der Waals surface area contributed by atoms with Crippen LogP contribution < -0.4 is 10.0 Å². The molecule has 1 amide bonds. The van der Waals surface area contributed by atoms with Gasteiger partial charge in [0, 0.05) is 24.6 Å². The molecular weight excluding hydrogens is 575 g/mol. The fraction of sp³-hybridized carbons (Fsp3) is 0.250. The van der Waals surface area contributed by atoms with Gasteiger partial charge in [-0.2, -0.15) is 0 Å². The number of carbonyl (C=O) groups excluding carboxylic acids is 1. The molecule has 3 heterocycles. The Balaban J connectivity index is 1.59. The van der Waals surface area contributed by atoms with Crippen molar-refractivity contribution in [2.45, 2.75) is 30.6 Å². The number of rotatable bonds is 7. The van der Waals surface area contributed by atoms with Crippen LogP contribution in [0.15, 0.2) is 59.6 Å². The number of halogens is 3. The zero-order valence-corrected chi connectivity index (χ0v) is 23.8. The molecule has 13 heteroatoms. The number of anilines is 2. The number of sulfonamides is 1. The van der Waals surface area contributed by atoms with Crippen molar-refractivity contribution in [3.05, 3.63) is 77.2 Å². The molecule has 0 atom stereocenters. The van der Waals surface area contributed by atoms with Crippen LogP contribution in [-0.4, -0.2) is 49.3 Å². The van der Waals surface area contributed by atoms with Gasteiger partial charge in [0.15, 0.2) is 5.82 Å². The summed E-state index contributed by atoms with van der Waals surface area (Å²) in [5.74, 6) is -2.88. The maximum Gasteiger partial charge on any atom is 0.265 e. The highest BCUT2D eigenvalue weighted by Crippen LogP contribution is 2.43. The number of thiazole rings is 1. The lowest BCUT2D eigenvalue weighted by molar-refractivity contribution is -0.114. The molecule has 0 spiro atoms. The van der Waals surface area contributed by atoms with Crippen LogP contribution in [-0.2, 0) is 14.8 Å². The van der Waals surface area contributed by atoms with Crippen molar-refractivity contribution in [1.29, 1.82) is 0 Å². The molecule has 1 fully saturated rings. The van der Waals surface area contributed by atoms with Crippen molar-refractivity contribution in [1.82, 2.24) is 14.9 Å². The molecule has 214 valence electrons. The molecule has 1 saturated heterocycles. The number of benzene rings is 2. The van der Waals surface area contributed by atoms with Gasteiger partial charge in [-0.3, -0.25) is 9.52 Å². The van der Waals surface area contributed by atoms with Crippen LogP contribution in [0, 0.1) is 17.5 Å². The van der Waals surface area contributed by atoms with E-state index >= 15 is 4.39 Å². The van der Waals surface area contributed by atoms with Crippen molar-refractivity contribution in [3.8, 4) is 21.7 Å². The van der Waals surface area contributed by atoms with E-state index in [4.69, 9.17) is 4.98 Å². The molecule has 2 aromatic carbocycles. The number of carbonyl (C=O) groups is 1. The van der Waals surface area contributed by atoms with Crippen molar-refractivity contribution in [2.75, 3.05) is 30.2 Å². The summed E-state index contributed by atoms with van der Waals surface area (Å²) in [6.07, 6.45) is 3.27. The molecule has 41 heavy (non-hydrogen) atoms. The highest BCUT2D eigenvalue weighted by Gasteiger charge is 2.27. The normalized spacial score (nSPS) is 14.7. The Morgan fingerprint density at radius 1 is 1.07 bits per heavy atom. The van der Waals surface area contributed by atoms with E-state index in [-0.39, 0.29) is 17.4 Å². The number of hydrogen-bond donors (Lipinski definition) is 2. The molecule has 0 saturated carbocycles. The number of pyridine rings is 1. The Morgan fingerprint density at radius 3 is 2.56 bits per heavy atom. The number of nitrogens with one attached hydrogen (secondary N) is 2. The van der Waals surface area contributed by atoms with E-state index in [1.54, 1.807) is 12.1 Å². The number of hydrogen-bond acceptors (Lipinski definition) is 7. The van der Waals surface area contributed by atoms with Crippen LogP contribution in [0.1, 0.15) is 30.7 Å². The number of aromatic nitrogens is 2. The Morgan fingerprint density at radius 2 is 1.83 bits per heavy atom. The summed E-state index contributed by atoms with van der Waals surface area (Å²) in [7, 11) is -2.61. The first-order chi connectivity index (χ1) is 19.5. The van der Waals surface area contributed by atoms with Crippen molar-refractivity contribution in [3.63, 3.8) is 0 Å². The van der Waals surface area contributed by atoms with Crippen LogP contribution in [0.4, 0.5) is 24.7 Å². The van der Waals surface area contributed by atoms with Crippen molar-refractivity contribution in [2.24, 2.45) is 0 Å². The van der Waals surface area contributed by atoms with Gasteiger partial charge < -0.3 is 10.2 Å². The Labute approximate surface area is 239 Å². The third-order valence-corrected chi connectivity index (χ3v) is 9.37. The highest BCUT2D eigenvalue weighted by atomic mass is 32.2. The average Bonchev–Trinajstić information content (AvgIpc) is 3.36. The van der Waals surface area contributed by atoms with Crippen LogP contribution in [0.2, 0.25) is 0 Å². The molecule has 2 N–H and O–H groups in total. The third-order valence-electron chi connectivity index (χ3n) is 6.72. The third kappa shape index (κ3) is 6.26. The minimum Gasteiger partial charge on any atom is -0.311 e. The predicted molar refractivity (Wildman–Crippen MR) is 152 cm³/mol. The summed E-state index contributed by atoms with van der Waals surface area (Å²) in [5.41, 5.74) is 0.509. The van der Waals surface area contributed by atoms with Crippen LogP contribution >= 0.6 is 11.3 Å². The van der Waals surface area contributed by atoms with Crippen molar-refractivity contribution >= 4 is 38.8 Å². The first kappa shape index (κ1) is 28.7. The summed E-state index contributed by atoms with van der Waals surface area (Å²) in [6, 6.07) is 9.51. The predicted octanol–water partition coefficient (Wildman–Crippen LogP) is 5.86. The first-order valence-corrected chi connectivity index (χ1v) is 15.0. The minimum absolute atomic E-state index is 0.0215. The highest BCUT2D eigenvalue weighted by molar-refractivity contribution is 7.92. The Hall–Kier alpha value is -3.81. The van der Waals surface area contributed by atoms with E-state index in [1.807, 2.05) is 11.8 Å². The summed E-state index contributed by atoms with van der Waals surface area (Å²) in [5, 5.41) is 3.45. The van der Waals surface area contributed by atoms with Gasteiger partial charge in [-0.1, -0.05) is 6.07 Å². The van der Waals surface area contributed by atoms with Crippen LogP contribution in [0.25, 0.3) is 21.7 Å². The van der Waals surface area contributed by atoms with E-state index in [9.17, 15) is 22.0 Å². The maximum absolute atomic E-state index is 16.0. The van der Waals surface area contributed by atoms with Gasteiger partial charge in [0.05, 0.1) is 21.3 Å². The molecule has 1 aliphatic heterocycles. The van der Waals surface area contributed by atoms with E-state index < -0.39 is 38.1 Å². The topological polar surface area (TPSA) is 104 Å². The summed E-state index contributed by atoms with van der Waals surface area (Å²) in [4.78, 5) is 22.5. The fourth-order valence-electron chi connectivity index (χ4n) is 4.64. The second kappa shape index (κ2) is 11.6. The van der Waals surface area contributed by atoms with Crippen LogP contribution in [0.5, 0.6) is 0 Å². The molecule has 0 bridgehead atoms. The van der Waals surface area contributed by atoms with Gasteiger partial charge >= 0.3 is 0 Å². The quantitative estimate of drug-likeness (QED) is 0.275. The SMILES string of the molecule is CC(=O)Nc1cc(-c2sc(C3CCN(C)CC3)nc2-c2cccc(NS(=O)(=O)c3cc(F)ccc3F)c2F)ccn1. The maximum atomic E-state index is 16.0. The van der Waals surface area contributed by atoms with Crippen molar-refractivity contribution < 1.29 is 26.4 Å². The Bertz CT molecular complexity index is 1720.